The highest BCUT2D eigenvalue weighted by Crippen LogP contribution is 2.27. The topological polar surface area (TPSA) is 26.0 Å². The zero-order chi connectivity index (χ0) is 19.1. The minimum absolute atomic E-state index is 0.809. The van der Waals surface area contributed by atoms with Gasteiger partial charge in [-0.15, -0.1) is 0 Å². The largest absolute Gasteiger partial charge is 0.356 e. The van der Waals surface area contributed by atoms with E-state index in [1.807, 2.05) is 13.0 Å². The maximum atomic E-state index is 5.58. The fourth-order valence-electron chi connectivity index (χ4n) is 3.24. The van der Waals surface area contributed by atoms with Gasteiger partial charge in [0.25, 0.3) is 0 Å². The fourth-order valence-corrected chi connectivity index (χ4v) is 3.24. The van der Waals surface area contributed by atoms with Crippen LogP contribution in [0.25, 0.3) is 28.2 Å². The minimum atomic E-state index is 0.809. The van der Waals surface area contributed by atoms with Gasteiger partial charge in [-0.05, 0) is 30.9 Å². The molecule has 0 amide bonds. The molecule has 0 N–H and O–H groups in total. The summed E-state index contributed by atoms with van der Waals surface area (Å²) in [6, 6.07) is 19.0. The van der Waals surface area contributed by atoms with Crippen LogP contribution in [0.4, 0.5) is 0 Å². The molecule has 27 heavy (non-hydrogen) atoms. The summed E-state index contributed by atoms with van der Waals surface area (Å²) in [5, 5.41) is 4.24. The summed E-state index contributed by atoms with van der Waals surface area (Å²) in [5.41, 5.74) is 6.59. The molecular weight excluding hydrogens is 330 g/mol. The molecule has 3 rings (SSSR count). The summed E-state index contributed by atoms with van der Waals surface area (Å²) in [5.74, 6) is 0.809. The minimum Gasteiger partial charge on any atom is -0.356 e. The summed E-state index contributed by atoms with van der Waals surface area (Å²) < 4.78 is 5.58. The van der Waals surface area contributed by atoms with E-state index in [0.29, 0.717) is 0 Å². The second-order valence-electron chi connectivity index (χ2n) is 7.30. The number of nitrogens with zero attached hydrogens (tertiary/aromatic N) is 1. The smallest absolute Gasteiger partial charge is 0.167 e. The van der Waals surface area contributed by atoms with Gasteiger partial charge < -0.3 is 4.52 Å². The summed E-state index contributed by atoms with van der Waals surface area (Å²) in [4.78, 5) is 0. The normalized spacial score (nSPS) is 10.9. The van der Waals surface area contributed by atoms with Crippen LogP contribution < -0.4 is 0 Å². The molecule has 0 spiro atoms. The van der Waals surface area contributed by atoms with E-state index in [0.717, 1.165) is 40.1 Å². The van der Waals surface area contributed by atoms with E-state index in [-0.39, 0.29) is 0 Å². The molecule has 0 saturated carbocycles. The third-order valence-corrected chi connectivity index (χ3v) is 4.99. The number of allylic oxidation sites excluding steroid dienone is 1. The van der Waals surface area contributed by atoms with E-state index in [2.05, 4.69) is 67.2 Å². The number of aromatic nitrogens is 1. The van der Waals surface area contributed by atoms with Gasteiger partial charge in [0, 0.05) is 17.2 Å². The van der Waals surface area contributed by atoms with E-state index in [1.54, 1.807) is 0 Å². The van der Waals surface area contributed by atoms with Crippen LogP contribution in [0.2, 0.25) is 0 Å². The molecule has 0 fully saturated rings. The molecule has 0 atom stereocenters. The first-order valence-corrected chi connectivity index (χ1v) is 9.99. The second-order valence-corrected chi connectivity index (χ2v) is 7.30. The Morgan fingerprint density at radius 1 is 0.889 bits per heavy atom. The molecule has 140 valence electrons. The van der Waals surface area contributed by atoms with Gasteiger partial charge in [-0.25, -0.2) is 0 Å². The molecule has 1 aromatic heterocycles. The maximum absolute atomic E-state index is 5.58. The lowest BCUT2D eigenvalue weighted by Crippen LogP contribution is -1.86. The van der Waals surface area contributed by atoms with Crippen LogP contribution in [0.5, 0.6) is 0 Å². The van der Waals surface area contributed by atoms with Crippen molar-refractivity contribution in [1.82, 2.24) is 5.16 Å². The molecule has 3 aromatic rings. The lowest BCUT2D eigenvalue weighted by atomic mass is 10.0. The van der Waals surface area contributed by atoms with Crippen molar-refractivity contribution in [2.45, 2.75) is 52.4 Å². The van der Waals surface area contributed by atoms with Crippen molar-refractivity contribution < 1.29 is 4.52 Å². The van der Waals surface area contributed by atoms with Crippen LogP contribution in [-0.4, -0.2) is 5.16 Å². The Morgan fingerprint density at radius 2 is 1.56 bits per heavy atom. The number of aryl methyl sites for hydroxylation is 1. The lowest BCUT2D eigenvalue weighted by Gasteiger charge is -2.03. The van der Waals surface area contributed by atoms with E-state index in [1.165, 1.54) is 37.7 Å². The first-order valence-electron chi connectivity index (χ1n) is 9.99. The molecule has 1 heterocycles. The quantitative estimate of drug-likeness (QED) is 0.368. The van der Waals surface area contributed by atoms with Crippen LogP contribution in [0.15, 0.2) is 65.7 Å². The number of unbranched alkanes of at least 4 members (excludes halogenated alkanes) is 4. The molecule has 2 aromatic carbocycles. The molecule has 0 aliphatic rings. The summed E-state index contributed by atoms with van der Waals surface area (Å²) in [6.45, 7) is 8.24. The van der Waals surface area contributed by atoms with Crippen molar-refractivity contribution in [1.29, 1.82) is 0 Å². The average molecular weight is 360 g/mol. The van der Waals surface area contributed by atoms with Gasteiger partial charge in [0.05, 0.1) is 0 Å². The van der Waals surface area contributed by atoms with E-state index in [4.69, 9.17) is 4.52 Å². The molecule has 0 aliphatic carbocycles. The van der Waals surface area contributed by atoms with Gasteiger partial charge >= 0.3 is 0 Å². The van der Waals surface area contributed by atoms with Crippen LogP contribution >= 0.6 is 0 Å². The molecule has 2 nitrogen and oxygen atoms in total. The summed E-state index contributed by atoms with van der Waals surface area (Å²) in [7, 11) is 0. The van der Waals surface area contributed by atoms with Crippen molar-refractivity contribution in [2.75, 3.05) is 0 Å². The number of benzene rings is 2. The van der Waals surface area contributed by atoms with E-state index >= 15 is 0 Å². The molecule has 0 radical (unpaired) electrons. The Kier molecular flexibility index (Phi) is 6.64. The Hall–Kier alpha value is -2.61. The predicted molar refractivity (Wildman–Crippen MR) is 115 cm³/mol. The van der Waals surface area contributed by atoms with Gasteiger partial charge in [-0.3, -0.25) is 0 Å². The van der Waals surface area contributed by atoms with Gasteiger partial charge in [0.2, 0.25) is 0 Å². The van der Waals surface area contributed by atoms with Crippen molar-refractivity contribution in [3.63, 3.8) is 0 Å². The van der Waals surface area contributed by atoms with Gasteiger partial charge in [-0.2, -0.15) is 0 Å². The van der Waals surface area contributed by atoms with E-state index in [9.17, 15) is 0 Å². The van der Waals surface area contributed by atoms with Crippen molar-refractivity contribution >= 4 is 5.57 Å². The molecule has 0 unspecified atom stereocenters. The van der Waals surface area contributed by atoms with Gasteiger partial charge in [0.1, 0.15) is 5.69 Å². The Bertz CT molecular complexity index is 856. The number of hydrogen-bond acceptors (Lipinski definition) is 2. The maximum Gasteiger partial charge on any atom is 0.167 e. The van der Waals surface area contributed by atoms with Crippen LogP contribution in [0, 0.1) is 0 Å². The molecule has 0 bridgehead atoms. The first kappa shape index (κ1) is 19.2. The van der Waals surface area contributed by atoms with Gasteiger partial charge in [0.15, 0.2) is 5.76 Å². The average Bonchev–Trinajstić information content (AvgIpc) is 3.18. The highest BCUT2D eigenvalue weighted by atomic mass is 16.5. The Labute approximate surface area is 162 Å². The van der Waals surface area contributed by atoms with Crippen LogP contribution in [0.1, 0.15) is 57.1 Å². The number of rotatable bonds is 9. The third-order valence-electron chi connectivity index (χ3n) is 4.99. The van der Waals surface area contributed by atoms with Crippen LogP contribution in [-0.2, 0) is 6.42 Å². The molecule has 2 heteroatoms. The van der Waals surface area contributed by atoms with Crippen LogP contribution in [0.3, 0.4) is 0 Å². The molecule has 0 aliphatic heterocycles. The molecule has 0 saturated heterocycles. The highest BCUT2D eigenvalue weighted by Gasteiger charge is 2.09. The highest BCUT2D eigenvalue weighted by molar-refractivity contribution is 5.69. The number of hydrogen-bond donors (Lipinski definition) is 0. The van der Waals surface area contributed by atoms with Crippen molar-refractivity contribution in [3.8, 4) is 22.6 Å². The van der Waals surface area contributed by atoms with Gasteiger partial charge in [-0.1, -0.05) is 98.4 Å². The standard InChI is InChI=1S/C25H29NO/c1-4-5-6-7-8-9-20-10-12-23(13-11-20)25-18-24(26-27-25)22-16-14-21(15-17-22)19(2)3/h10-18H,2,4-9H2,1,3H3. The fraction of sp³-hybridized carbons (Fsp3) is 0.320. The third kappa shape index (κ3) is 5.19. The predicted octanol–water partition coefficient (Wildman–Crippen LogP) is 7.55. The molecular formula is C25H29NO. The lowest BCUT2D eigenvalue weighted by molar-refractivity contribution is 0.435. The Morgan fingerprint density at radius 3 is 2.22 bits per heavy atom. The first-order chi connectivity index (χ1) is 13.2. The Balaban J connectivity index is 1.63. The zero-order valence-electron chi connectivity index (χ0n) is 16.5. The van der Waals surface area contributed by atoms with E-state index < -0.39 is 0 Å². The summed E-state index contributed by atoms with van der Waals surface area (Å²) >= 11 is 0. The van der Waals surface area contributed by atoms with Crippen molar-refractivity contribution in [3.05, 3.63) is 72.3 Å². The monoisotopic (exact) mass is 359 g/mol. The second kappa shape index (κ2) is 9.36. The zero-order valence-corrected chi connectivity index (χ0v) is 16.5. The SMILES string of the molecule is C=C(C)c1ccc(-c2cc(-c3ccc(CCCCCCC)cc3)on2)cc1. The van der Waals surface area contributed by atoms with Crippen molar-refractivity contribution in [2.24, 2.45) is 0 Å². The summed E-state index contributed by atoms with van der Waals surface area (Å²) in [6.07, 6.45) is 7.75.